The molecule has 0 spiro atoms. The number of hydrogen-bond donors (Lipinski definition) is 0. The molecule has 1 atom stereocenters. The van der Waals surface area contributed by atoms with Crippen molar-refractivity contribution in [2.75, 3.05) is 13.2 Å². The summed E-state index contributed by atoms with van der Waals surface area (Å²) in [6.45, 7) is 9.85. The predicted octanol–water partition coefficient (Wildman–Crippen LogP) is 3.38. The number of esters is 1. The molecule has 0 amide bonds. The second-order valence-electron chi connectivity index (χ2n) is 4.38. The van der Waals surface area contributed by atoms with Gasteiger partial charge in [0.1, 0.15) is 12.2 Å². The van der Waals surface area contributed by atoms with Crippen molar-refractivity contribution in [3.05, 3.63) is 61.2 Å². The van der Waals surface area contributed by atoms with Crippen molar-refractivity contribution in [1.29, 1.82) is 0 Å². The Kier molecular flexibility index (Phi) is 6.03. The molecule has 0 aliphatic carbocycles. The van der Waals surface area contributed by atoms with Gasteiger partial charge in [0.25, 0.3) is 0 Å². The van der Waals surface area contributed by atoms with Gasteiger partial charge in [-0.3, -0.25) is 0 Å². The van der Waals surface area contributed by atoms with Crippen LogP contribution >= 0.6 is 0 Å². The van der Waals surface area contributed by atoms with Gasteiger partial charge in [-0.15, -0.1) is 13.2 Å². The Bertz CT molecular complexity index is 425. The quantitative estimate of drug-likeness (QED) is 0.408. The highest BCUT2D eigenvalue weighted by atomic mass is 16.6. The van der Waals surface area contributed by atoms with Crippen LogP contribution in [0.15, 0.2) is 55.6 Å². The largest absolute Gasteiger partial charge is 0.459 e. The van der Waals surface area contributed by atoms with E-state index in [1.54, 1.807) is 36.4 Å². The zero-order valence-electron chi connectivity index (χ0n) is 11.3. The van der Waals surface area contributed by atoms with E-state index in [-0.39, 0.29) is 12.6 Å². The lowest BCUT2D eigenvalue weighted by Crippen LogP contribution is -2.33. The SMILES string of the molecule is C=CCCOC(C)(C=C)COC(=O)c1ccccc1. The molecule has 0 aliphatic rings. The first-order valence-corrected chi connectivity index (χ1v) is 6.22. The summed E-state index contributed by atoms with van der Waals surface area (Å²) in [6.07, 6.45) is 4.17. The molecule has 0 N–H and O–H groups in total. The third-order valence-electron chi connectivity index (χ3n) is 2.68. The van der Waals surface area contributed by atoms with Crippen LogP contribution in [0.2, 0.25) is 0 Å². The fraction of sp³-hybridized carbons (Fsp3) is 0.312. The Labute approximate surface area is 114 Å². The first-order chi connectivity index (χ1) is 9.11. The lowest BCUT2D eigenvalue weighted by Gasteiger charge is -2.25. The summed E-state index contributed by atoms with van der Waals surface area (Å²) < 4.78 is 10.9. The summed E-state index contributed by atoms with van der Waals surface area (Å²) in [5.74, 6) is -0.360. The van der Waals surface area contributed by atoms with Crippen LogP contribution in [0.5, 0.6) is 0 Å². The van der Waals surface area contributed by atoms with Crippen molar-refractivity contribution in [1.82, 2.24) is 0 Å². The molecule has 0 aromatic heterocycles. The molecular weight excluding hydrogens is 240 g/mol. The normalized spacial score (nSPS) is 13.3. The van der Waals surface area contributed by atoms with Crippen molar-refractivity contribution in [3.8, 4) is 0 Å². The first kappa shape index (κ1) is 15.2. The third-order valence-corrected chi connectivity index (χ3v) is 2.68. The van der Waals surface area contributed by atoms with Crippen LogP contribution in [-0.2, 0) is 9.47 Å². The zero-order chi connectivity index (χ0) is 14.1. The molecule has 0 bridgehead atoms. The van der Waals surface area contributed by atoms with E-state index in [1.165, 1.54) is 0 Å². The van der Waals surface area contributed by atoms with Crippen LogP contribution in [0.3, 0.4) is 0 Å². The minimum atomic E-state index is -0.673. The average Bonchev–Trinajstić information content (AvgIpc) is 2.46. The number of benzene rings is 1. The van der Waals surface area contributed by atoms with E-state index in [4.69, 9.17) is 9.47 Å². The highest BCUT2D eigenvalue weighted by molar-refractivity contribution is 5.89. The molecule has 0 heterocycles. The molecule has 0 saturated heterocycles. The fourth-order valence-corrected chi connectivity index (χ4v) is 1.40. The minimum absolute atomic E-state index is 0.140. The summed E-state index contributed by atoms with van der Waals surface area (Å²) in [7, 11) is 0. The standard InChI is InChI=1S/C16H20O3/c1-4-6-12-19-16(3,5-2)13-18-15(17)14-10-8-7-9-11-14/h4-5,7-11H,1-2,6,12-13H2,3H3. The number of carbonyl (C=O) groups is 1. The van der Waals surface area contributed by atoms with Gasteiger partial charge in [-0.2, -0.15) is 0 Å². The highest BCUT2D eigenvalue weighted by Gasteiger charge is 2.23. The molecule has 0 aliphatic heterocycles. The molecular formula is C16H20O3. The summed E-state index contributed by atoms with van der Waals surface area (Å²) in [5.41, 5.74) is -0.145. The summed E-state index contributed by atoms with van der Waals surface area (Å²) in [5, 5.41) is 0. The second-order valence-corrected chi connectivity index (χ2v) is 4.38. The molecule has 3 heteroatoms. The Balaban J connectivity index is 2.50. The smallest absolute Gasteiger partial charge is 0.338 e. The Hall–Kier alpha value is -1.87. The van der Waals surface area contributed by atoms with E-state index in [2.05, 4.69) is 13.2 Å². The third kappa shape index (κ3) is 5.10. The van der Waals surface area contributed by atoms with Gasteiger partial charge in [-0.1, -0.05) is 30.4 Å². The maximum absolute atomic E-state index is 11.8. The lowest BCUT2D eigenvalue weighted by atomic mass is 10.1. The fourth-order valence-electron chi connectivity index (χ4n) is 1.40. The molecule has 1 aromatic carbocycles. The van der Waals surface area contributed by atoms with E-state index in [0.717, 1.165) is 6.42 Å². The van der Waals surface area contributed by atoms with Crippen LogP contribution in [0.4, 0.5) is 0 Å². The Morgan fingerprint density at radius 3 is 2.58 bits per heavy atom. The molecule has 102 valence electrons. The lowest BCUT2D eigenvalue weighted by molar-refractivity contribution is -0.0419. The van der Waals surface area contributed by atoms with Gasteiger partial charge in [0.05, 0.1) is 12.2 Å². The molecule has 1 unspecified atom stereocenters. The summed E-state index contributed by atoms with van der Waals surface area (Å²) >= 11 is 0. The van der Waals surface area contributed by atoms with Crippen LogP contribution in [0, 0.1) is 0 Å². The van der Waals surface area contributed by atoms with E-state index >= 15 is 0 Å². The Morgan fingerprint density at radius 1 is 1.32 bits per heavy atom. The zero-order valence-corrected chi connectivity index (χ0v) is 11.3. The topological polar surface area (TPSA) is 35.5 Å². The van der Waals surface area contributed by atoms with Crippen molar-refractivity contribution >= 4 is 5.97 Å². The Morgan fingerprint density at radius 2 is 2.00 bits per heavy atom. The summed E-state index contributed by atoms with van der Waals surface area (Å²) in [6, 6.07) is 8.87. The van der Waals surface area contributed by atoms with Gasteiger partial charge in [-0.05, 0) is 25.5 Å². The van der Waals surface area contributed by atoms with Crippen LogP contribution < -0.4 is 0 Å². The number of hydrogen-bond acceptors (Lipinski definition) is 3. The van der Waals surface area contributed by atoms with Crippen molar-refractivity contribution in [3.63, 3.8) is 0 Å². The van der Waals surface area contributed by atoms with E-state index < -0.39 is 5.60 Å². The minimum Gasteiger partial charge on any atom is -0.459 e. The van der Waals surface area contributed by atoms with Crippen molar-refractivity contribution in [2.45, 2.75) is 18.9 Å². The van der Waals surface area contributed by atoms with Crippen molar-refractivity contribution < 1.29 is 14.3 Å². The maximum atomic E-state index is 11.8. The van der Waals surface area contributed by atoms with Gasteiger partial charge in [-0.25, -0.2) is 4.79 Å². The molecule has 3 nitrogen and oxygen atoms in total. The molecule has 1 aromatic rings. The first-order valence-electron chi connectivity index (χ1n) is 6.22. The number of rotatable bonds is 8. The number of ether oxygens (including phenoxy) is 2. The van der Waals surface area contributed by atoms with Gasteiger partial charge in [0, 0.05) is 0 Å². The van der Waals surface area contributed by atoms with Crippen LogP contribution in [0.1, 0.15) is 23.7 Å². The van der Waals surface area contributed by atoms with Gasteiger partial charge in [0.15, 0.2) is 0 Å². The van der Waals surface area contributed by atoms with Gasteiger partial charge < -0.3 is 9.47 Å². The molecule has 0 fully saturated rings. The van der Waals surface area contributed by atoms with Crippen molar-refractivity contribution in [2.24, 2.45) is 0 Å². The van der Waals surface area contributed by atoms with Crippen LogP contribution in [0.25, 0.3) is 0 Å². The predicted molar refractivity (Wildman–Crippen MR) is 76.1 cm³/mol. The van der Waals surface area contributed by atoms with E-state index in [0.29, 0.717) is 12.2 Å². The van der Waals surface area contributed by atoms with Gasteiger partial charge in [0.2, 0.25) is 0 Å². The summed E-state index contributed by atoms with van der Waals surface area (Å²) in [4.78, 5) is 11.8. The highest BCUT2D eigenvalue weighted by Crippen LogP contribution is 2.14. The average molecular weight is 260 g/mol. The van der Waals surface area contributed by atoms with E-state index in [9.17, 15) is 4.79 Å². The molecule has 1 rings (SSSR count). The monoisotopic (exact) mass is 260 g/mol. The second kappa shape index (κ2) is 7.54. The number of carbonyl (C=O) groups excluding carboxylic acids is 1. The maximum Gasteiger partial charge on any atom is 0.338 e. The van der Waals surface area contributed by atoms with Gasteiger partial charge >= 0.3 is 5.97 Å². The van der Waals surface area contributed by atoms with E-state index in [1.807, 2.05) is 13.0 Å². The van der Waals surface area contributed by atoms with Crippen LogP contribution in [-0.4, -0.2) is 24.8 Å². The molecule has 19 heavy (non-hydrogen) atoms. The molecule has 0 radical (unpaired) electrons. The molecule has 0 saturated carbocycles.